The number of aromatic nitrogens is 2. The monoisotopic (exact) mass is 1160 g/mol. The molecule has 12 nitrogen and oxygen atoms in total. The first-order chi connectivity index (χ1) is 37.8. The number of allylic oxidation sites excluding steroid dienone is 2. The lowest BCUT2D eigenvalue weighted by atomic mass is 9.88. The number of thioether (sulfide) groups is 1. The second-order valence-electron chi connectivity index (χ2n) is 18.3. The summed E-state index contributed by atoms with van der Waals surface area (Å²) in [6, 6.07) is 40.2. The molecule has 12 aromatic rings. The number of carboxylic acids is 1. The predicted molar refractivity (Wildman–Crippen MR) is 317 cm³/mol. The number of nitrogens with one attached hydrogen (secondary N) is 2. The van der Waals surface area contributed by atoms with Crippen molar-refractivity contribution in [3.63, 3.8) is 0 Å². The Bertz CT molecular complexity index is 4330. The van der Waals surface area contributed by atoms with Gasteiger partial charge in [0.2, 0.25) is 0 Å². The summed E-state index contributed by atoms with van der Waals surface area (Å²) in [5.74, 6) is 0.158. The minimum atomic E-state index is -0.953. The van der Waals surface area contributed by atoms with Crippen molar-refractivity contribution in [2.75, 3.05) is 12.0 Å². The number of carbonyl (C=O) groups is 2. The highest BCUT2D eigenvalue weighted by atomic mass is 32.2. The summed E-state index contributed by atoms with van der Waals surface area (Å²) in [5, 5.41) is 25.0. The number of methoxy groups -OCH3 is 1. The summed E-state index contributed by atoms with van der Waals surface area (Å²) < 4.78 is 20.8. The number of nitrogens with zero attached hydrogens (tertiary/aromatic N) is 3. The largest absolute Gasteiger partial charge is 0.497 e. The summed E-state index contributed by atoms with van der Waals surface area (Å²) in [6.45, 7) is 0.384. The molecule has 3 N–H and O–H groups in total. The van der Waals surface area contributed by atoms with Crippen LogP contribution in [0.3, 0.4) is 0 Å². The van der Waals surface area contributed by atoms with Crippen molar-refractivity contribution in [1.29, 1.82) is 0 Å². The second kappa shape index (κ2) is 19.0. The van der Waals surface area contributed by atoms with Gasteiger partial charge in [0.1, 0.15) is 11.3 Å². The summed E-state index contributed by atoms with van der Waals surface area (Å²) in [5.41, 5.74) is 14.5. The molecule has 378 valence electrons. The van der Waals surface area contributed by atoms with Crippen LogP contribution in [0.1, 0.15) is 19.9 Å². The Labute approximate surface area is 469 Å². The van der Waals surface area contributed by atoms with Crippen LogP contribution in [0, 0.1) is 0 Å². The van der Waals surface area contributed by atoms with Crippen molar-refractivity contribution in [3.05, 3.63) is 158 Å². The van der Waals surface area contributed by atoms with E-state index < -0.39 is 12.0 Å². The van der Waals surface area contributed by atoms with E-state index >= 15 is 0 Å². The molecule has 15 rings (SSSR count). The Morgan fingerprint density at radius 1 is 0.701 bits per heavy atom. The van der Waals surface area contributed by atoms with E-state index in [1.807, 2.05) is 70.0 Å². The average molecular weight is 1160 g/mol. The van der Waals surface area contributed by atoms with Gasteiger partial charge in [-0.05, 0) is 135 Å². The Morgan fingerprint density at radius 3 is 2.08 bits per heavy atom. The first-order valence-corrected chi connectivity index (χ1v) is 30.7. The standard InChI is InChI=1S/C57H35N5O7S8/c1-66-32-12-10-31(11-13-32)62(29-6-2-27(3-7-29)39-22-41-43(72-39)24-45(74-41)55-53-36(18-20-70-53)51(76-55)33-14-15-35(57(64)65)49-47(33)58-68-60-49)30-8-4-28(5-9-30)40-23-42-44(73-40)25-46(75-42)56-54-37(19-21-71-54)52(77-56)34-16-17-38(67-26-63)50-48(34)59-69-61-50/h2-23,25-26,45,47,49,58,60H,24H2,1H3,(H,64,65). The zero-order valence-corrected chi connectivity index (χ0v) is 46.3. The maximum absolute atomic E-state index is 12.0. The van der Waals surface area contributed by atoms with Crippen molar-refractivity contribution in [2.24, 2.45) is 0 Å². The molecule has 2 aliphatic heterocycles. The van der Waals surface area contributed by atoms with E-state index in [0.29, 0.717) is 28.5 Å². The van der Waals surface area contributed by atoms with E-state index in [2.05, 4.69) is 128 Å². The lowest BCUT2D eigenvalue weighted by Gasteiger charge is -2.26. The van der Waals surface area contributed by atoms with Crippen LogP contribution in [0.2, 0.25) is 0 Å². The summed E-state index contributed by atoms with van der Waals surface area (Å²) in [4.78, 5) is 42.0. The molecule has 10 heterocycles. The maximum Gasteiger partial charge on any atom is 0.333 e. The molecule has 20 heteroatoms. The highest BCUT2D eigenvalue weighted by Gasteiger charge is 2.41. The van der Waals surface area contributed by atoms with Gasteiger partial charge in [-0.3, -0.25) is 4.79 Å². The molecule has 0 spiro atoms. The van der Waals surface area contributed by atoms with Gasteiger partial charge in [0, 0.05) is 93.0 Å². The lowest BCUT2D eigenvalue weighted by Crippen LogP contribution is -2.40. The number of hydrogen-bond donors (Lipinski definition) is 3. The number of carbonyl (C=O) groups excluding carboxylic acids is 1. The molecule has 8 aromatic heterocycles. The third-order valence-electron chi connectivity index (χ3n) is 14.1. The molecule has 0 saturated carbocycles. The molecule has 4 aromatic carbocycles. The number of hydrogen-bond acceptors (Lipinski definition) is 19. The van der Waals surface area contributed by atoms with Gasteiger partial charge in [-0.2, -0.15) is 11.0 Å². The van der Waals surface area contributed by atoms with E-state index in [1.165, 1.54) is 63.9 Å². The fraction of sp³-hybridized carbons (Fsp3) is 0.0877. The van der Waals surface area contributed by atoms with Crippen molar-refractivity contribution in [2.45, 2.75) is 28.6 Å². The van der Waals surface area contributed by atoms with E-state index in [9.17, 15) is 14.7 Å². The van der Waals surface area contributed by atoms with Crippen molar-refractivity contribution in [1.82, 2.24) is 21.3 Å². The normalized spacial score (nSPS) is 17.1. The summed E-state index contributed by atoms with van der Waals surface area (Å²) in [6.07, 6.45) is 4.60. The quantitative estimate of drug-likeness (QED) is 0.0942. The fourth-order valence-corrected chi connectivity index (χ4v) is 21.0. The number of hydroxylamine groups is 2. The maximum atomic E-state index is 12.0. The van der Waals surface area contributed by atoms with Gasteiger partial charge in [-0.1, -0.05) is 30.3 Å². The van der Waals surface area contributed by atoms with Gasteiger partial charge >= 0.3 is 5.97 Å². The molecule has 1 aliphatic carbocycles. The summed E-state index contributed by atoms with van der Waals surface area (Å²) >= 11 is 14.5. The van der Waals surface area contributed by atoms with Crippen LogP contribution in [0.5, 0.6) is 11.5 Å². The van der Waals surface area contributed by atoms with Gasteiger partial charge in [-0.15, -0.1) is 91.1 Å². The second-order valence-corrected chi connectivity index (χ2v) is 26.8. The first kappa shape index (κ1) is 47.4. The fourth-order valence-electron chi connectivity index (χ4n) is 10.4. The number of anilines is 3. The first-order valence-electron chi connectivity index (χ1n) is 24.0. The lowest BCUT2D eigenvalue weighted by molar-refractivity contribution is -0.133. The number of thiophene rings is 7. The van der Waals surface area contributed by atoms with E-state index in [0.717, 1.165) is 61.1 Å². The number of aliphatic carboxylic acids is 1. The third kappa shape index (κ3) is 7.96. The van der Waals surface area contributed by atoms with Gasteiger partial charge in [0.15, 0.2) is 11.3 Å². The van der Waals surface area contributed by atoms with Crippen molar-refractivity contribution >= 4 is 167 Å². The van der Waals surface area contributed by atoms with Gasteiger partial charge in [0.25, 0.3) is 6.47 Å². The Morgan fingerprint density at radius 2 is 1.36 bits per heavy atom. The molecule has 0 amide bonds. The Hall–Kier alpha value is -6.79. The van der Waals surface area contributed by atoms with Gasteiger partial charge in [0.05, 0.1) is 39.6 Å². The minimum Gasteiger partial charge on any atom is -0.497 e. The van der Waals surface area contributed by atoms with E-state index in [-0.39, 0.29) is 11.6 Å². The van der Waals surface area contributed by atoms with Gasteiger partial charge < -0.3 is 19.5 Å². The molecule has 1 saturated heterocycles. The Kier molecular flexibility index (Phi) is 11.7. The van der Waals surface area contributed by atoms with Gasteiger partial charge in [-0.25, -0.2) is 14.4 Å². The third-order valence-corrected chi connectivity index (χ3v) is 24.1. The molecule has 3 aliphatic rings. The Balaban J connectivity index is 0.679. The van der Waals surface area contributed by atoms with Crippen LogP contribution in [0.25, 0.3) is 87.3 Å². The average Bonchev–Trinajstić information content (AvgIpc) is 4.33. The zero-order chi connectivity index (χ0) is 51.5. The topological polar surface area (TPSA) is 148 Å². The van der Waals surface area contributed by atoms with Crippen molar-refractivity contribution in [3.8, 4) is 52.6 Å². The predicted octanol–water partition coefficient (Wildman–Crippen LogP) is 16.4. The van der Waals surface area contributed by atoms with Crippen LogP contribution in [0.15, 0.2) is 153 Å². The number of carboxylic acid groups (broad SMARTS) is 1. The van der Waals surface area contributed by atoms with Crippen LogP contribution in [-0.4, -0.2) is 47.1 Å². The van der Waals surface area contributed by atoms with Crippen LogP contribution >= 0.6 is 91.1 Å². The molecule has 0 radical (unpaired) electrons. The molecule has 3 unspecified atom stereocenters. The van der Waals surface area contributed by atoms with Crippen LogP contribution in [0.4, 0.5) is 17.1 Å². The number of fused-ring (bicyclic) bond motifs is 6. The highest BCUT2D eigenvalue weighted by molar-refractivity contribution is 8.00. The number of benzene rings is 4. The van der Waals surface area contributed by atoms with Crippen LogP contribution < -0.4 is 25.3 Å². The van der Waals surface area contributed by atoms with Crippen LogP contribution in [-0.2, 0) is 20.9 Å². The molecule has 77 heavy (non-hydrogen) atoms. The summed E-state index contributed by atoms with van der Waals surface area (Å²) in [7, 11) is 1.69. The molecule has 0 bridgehead atoms. The smallest absolute Gasteiger partial charge is 0.333 e. The van der Waals surface area contributed by atoms with E-state index in [4.69, 9.17) is 19.0 Å². The minimum absolute atomic E-state index is 0.282. The molecule has 1 fully saturated rings. The number of ether oxygens (including phenoxy) is 2. The zero-order valence-electron chi connectivity index (χ0n) is 39.8. The molecular formula is C57H35N5O7S8. The number of rotatable bonds is 13. The highest BCUT2D eigenvalue weighted by Crippen LogP contribution is 2.57. The van der Waals surface area contributed by atoms with E-state index in [1.54, 1.807) is 64.6 Å². The molecule has 3 atom stereocenters. The SMILES string of the molecule is COc1ccc(N(c2ccc(-c3cc4c(s3)CC(c3sc(C5=CC=C(C(=O)O)C6NONC56)c5ccsc35)S4)cc2)c2ccc(-c3cc4sc(-c5sc(-c6ccc(OC=O)c7nonc67)c6ccsc56)cc4s3)cc2)cc1. The molecular weight excluding hydrogens is 1120 g/mol. The van der Waals surface area contributed by atoms with Crippen molar-refractivity contribution < 1.29 is 33.7 Å².